The van der Waals surface area contributed by atoms with Crippen LogP contribution in [0, 0.1) is 19.8 Å². The largest absolute Gasteiger partial charge is 0.444 e. The molecule has 7 heteroatoms. The third kappa shape index (κ3) is 10.00. The first kappa shape index (κ1) is 32.9. The number of nitrogens with zero attached hydrogens (tertiary/aromatic N) is 1. The molecule has 2 unspecified atom stereocenters. The van der Waals surface area contributed by atoms with E-state index in [1.807, 2.05) is 76.2 Å². The maximum Gasteiger partial charge on any atom is 0.408 e. The predicted molar refractivity (Wildman–Crippen MR) is 162 cm³/mol. The topological polar surface area (TPSA) is 87.7 Å². The van der Waals surface area contributed by atoms with Gasteiger partial charge in [0.05, 0.1) is 0 Å². The van der Waals surface area contributed by atoms with Crippen molar-refractivity contribution in [2.24, 2.45) is 5.92 Å². The highest BCUT2D eigenvalue weighted by Gasteiger charge is 2.38. The molecule has 0 fully saturated rings. The number of hydrogen-bond acceptors (Lipinski definition) is 4. The molecule has 0 aliphatic rings. The van der Waals surface area contributed by atoms with Crippen molar-refractivity contribution in [1.82, 2.24) is 10.2 Å². The number of anilines is 1. The number of rotatable bonds is 13. The Hall–Kier alpha value is -3.35. The summed E-state index contributed by atoms with van der Waals surface area (Å²) in [6.45, 7) is 15.6. The average molecular weight is 552 g/mol. The van der Waals surface area contributed by atoms with Crippen molar-refractivity contribution in [1.29, 1.82) is 0 Å². The molecular weight excluding hydrogens is 502 g/mol. The van der Waals surface area contributed by atoms with Crippen LogP contribution >= 0.6 is 0 Å². The Morgan fingerprint density at radius 1 is 0.875 bits per heavy atom. The maximum absolute atomic E-state index is 14.3. The Morgan fingerprint density at radius 3 is 2.05 bits per heavy atom. The molecule has 2 aromatic rings. The first-order valence-corrected chi connectivity index (χ1v) is 14.6. The SMILES string of the molecule is CCCCCCCN(C(=O)C(NC(=O)OC(C)(C)C)C(C)C)C(C(=O)Nc1ccccc1C)c1ccccc1C. The van der Waals surface area contributed by atoms with Crippen LogP contribution in [-0.4, -0.2) is 41.0 Å². The summed E-state index contributed by atoms with van der Waals surface area (Å²) in [5.41, 5.74) is 2.61. The monoisotopic (exact) mass is 551 g/mol. The van der Waals surface area contributed by atoms with Crippen LogP contribution in [-0.2, 0) is 14.3 Å². The molecule has 0 bridgehead atoms. The van der Waals surface area contributed by atoms with E-state index in [2.05, 4.69) is 17.6 Å². The van der Waals surface area contributed by atoms with Crippen molar-refractivity contribution in [3.8, 4) is 0 Å². The van der Waals surface area contributed by atoms with E-state index in [-0.39, 0.29) is 17.7 Å². The molecule has 2 aromatic carbocycles. The van der Waals surface area contributed by atoms with E-state index in [1.165, 1.54) is 0 Å². The molecule has 0 aromatic heterocycles. The summed E-state index contributed by atoms with van der Waals surface area (Å²) >= 11 is 0. The average Bonchev–Trinajstić information content (AvgIpc) is 2.87. The van der Waals surface area contributed by atoms with Crippen molar-refractivity contribution in [2.75, 3.05) is 11.9 Å². The molecule has 0 aliphatic carbocycles. The molecule has 0 saturated carbocycles. The molecule has 0 aliphatic heterocycles. The third-order valence-corrected chi connectivity index (χ3v) is 6.84. The highest BCUT2D eigenvalue weighted by Crippen LogP contribution is 2.29. The second-order valence-electron chi connectivity index (χ2n) is 11.9. The van der Waals surface area contributed by atoms with Crippen LogP contribution in [0.3, 0.4) is 0 Å². The quantitative estimate of drug-likeness (QED) is 0.255. The minimum Gasteiger partial charge on any atom is -0.444 e. The fourth-order valence-electron chi connectivity index (χ4n) is 4.64. The smallest absolute Gasteiger partial charge is 0.408 e. The molecule has 0 radical (unpaired) electrons. The highest BCUT2D eigenvalue weighted by atomic mass is 16.6. The highest BCUT2D eigenvalue weighted by molar-refractivity contribution is 5.99. The fraction of sp³-hybridized carbons (Fsp3) is 0.545. The summed E-state index contributed by atoms with van der Waals surface area (Å²) in [5, 5.41) is 5.88. The van der Waals surface area contributed by atoms with Gasteiger partial charge >= 0.3 is 6.09 Å². The fourth-order valence-corrected chi connectivity index (χ4v) is 4.64. The third-order valence-electron chi connectivity index (χ3n) is 6.84. The van der Waals surface area contributed by atoms with Gasteiger partial charge in [-0.05, 0) is 69.7 Å². The van der Waals surface area contributed by atoms with Crippen molar-refractivity contribution in [3.63, 3.8) is 0 Å². The Bertz CT molecular complexity index is 1120. The first-order valence-electron chi connectivity index (χ1n) is 14.6. The molecule has 220 valence electrons. The van der Waals surface area contributed by atoms with Gasteiger partial charge in [-0.3, -0.25) is 9.59 Å². The van der Waals surface area contributed by atoms with E-state index in [9.17, 15) is 14.4 Å². The van der Waals surface area contributed by atoms with Gasteiger partial charge in [-0.2, -0.15) is 0 Å². The molecule has 40 heavy (non-hydrogen) atoms. The molecule has 2 rings (SSSR count). The van der Waals surface area contributed by atoms with Crippen LogP contribution in [0.1, 0.15) is 96.4 Å². The Morgan fingerprint density at radius 2 is 1.48 bits per heavy atom. The van der Waals surface area contributed by atoms with E-state index in [0.29, 0.717) is 12.2 Å². The zero-order valence-corrected chi connectivity index (χ0v) is 25.7. The summed E-state index contributed by atoms with van der Waals surface area (Å²) in [7, 11) is 0. The van der Waals surface area contributed by atoms with Gasteiger partial charge in [0, 0.05) is 12.2 Å². The Balaban J connectivity index is 2.53. The van der Waals surface area contributed by atoms with Gasteiger partial charge in [-0.15, -0.1) is 0 Å². The van der Waals surface area contributed by atoms with E-state index < -0.39 is 23.8 Å². The molecule has 3 amide bonds. The minimum atomic E-state index is -0.874. The second-order valence-corrected chi connectivity index (χ2v) is 11.9. The zero-order chi connectivity index (χ0) is 29.9. The van der Waals surface area contributed by atoms with Crippen LogP contribution < -0.4 is 10.6 Å². The minimum absolute atomic E-state index is 0.223. The van der Waals surface area contributed by atoms with Gasteiger partial charge in [0.2, 0.25) is 5.91 Å². The number of aryl methyl sites for hydroxylation is 2. The molecule has 0 saturated heterocycles. The zero-order valence-electron chi connectivity index (χ0n) is 25.7. The normalized spacial score (nSPS) is 12.9. The number of carbonyl (C=O) groups is 3. The summed E-state index contributed by atoms with van der Waals surface area (Å²) < 4.78 is 5.48. The van der Waals surface area contributed by atoms with Crippen molar-refractivity contribution in [3.05, 3.63) is 65.2 Å². The van der Waals surface area contributed by atoms with Crippen molar-refractivity contribution in [2.45, 2.75) is 105 Å². The summed E-state index contributed by atoms with van der Waals surface area (Å²) in [6.07, 6.45) is 4.35. The summed E-state index contributed by atoms with van der Waals surface area (Å²) in [5.74, 6) is -0.811. The molecule has 0 spiro atoms. The number of ether oxygens (including phenoxy) is 1. The molecule has 0 heterocycles. The van der Waals surface area contributed by atoms with E-state index in [0.717, 1.165) is 48.8 Å². The van der Waals surface area contributed by atoms with Crippen LogP contribution in [0.4, 0.5) is 10.5 Å². The van der Waals surface area contributed by atoms with Crippen LogP contribution in [0.5, 0.6) is 0 Å². The number of amides is 3. The van der Waals surface area contributed by atoms with E-state index in [1.54, 1.807) is 25.7 Å². The lowest BCUT2D eigenvalue weighted by molar-refractivity contribution is -0.141. The van der Waals surface area contributed by atoms with E-state index in [4.69, 9.17) is 4.74 Å². The number of benzene rings is 2. The molecular formula is C33H49N3O4. The van der Waals surface area contributed by atoms with Crippen LogP contribution in [0.15, 0.2) is 48.5 Å². The standard InChI is InChI=1S/C33H49N3O4/c1-9-10-11-12-17-22-36(31(38)28(23(2)3)35-32(39)40-33(6,7)8)29(26-20-15-13-18-24(26)4)30(37)34-27-21-16-14-19-25(27)5/h13-16,18-21,23,28-29H,9-12,17,22H2,1-8H3,(H,34,37)(H,35,39). The number of nitrogens with one attached hydrogen (secondary N) is 2. The first-order chi connectivity index (χ1) is 18.9. The Kier molecular flexibility index (Phi) is 12.7. The number of unbranched alkanes of at least 4 members (excludes halogenated alkanes) is 4. The van der Waals surface area contributed by atoms with Gasteiger partial charge in [-0.1, -0.05) is 88.9 Å². The van der Waals surface area contributed by atoms with Gasteiger partial charge in [0.25, 0.3) is 5.91 Å². The van der Waals surface area contributed by atoms with Crippen molar-refractivity contribution < 1.29 is 19.1 Å². The van der Waals surface area contributed by atoms with Crippen LogP contribution in [0.25, 0.3) is 0 Å². The lowest BCUT2D eigenvalue weighted by Gasteiger charge is -2.36. The van der Waals surface area contributed by atoms with E-state index >= 15 is 0 Å². The number of para-hydroxylation sites is 1. The lowest BCUT2D eigenvalue weighted by Crippen LogP contribution is -2.54. The molecule has 2 atom stereocenters. The maximum atomic E-state index is 14.3. The predicted octanol–water partition coefficient (Wildman–Crippen LogP) is 7.33. The van der Waals surface area contributed by atoms with Gasteiger partial charge in [0.1, 0.15) is 17.7 Å². The van der Waals surface area contributed by atoms with Crippen molar-refractivity contribution >= 4 is 23.6 Å². The Labute approximate surface area is 241 Å². The number of alkyl carbamates (subject to hydrolysis) is 1. The molecule has 7 nitrogen and oxygen atoms in total. The number of hydrogen-bond donors (Lipinski definition) is 2. The molecule has 2 N–H and O–H groups in total. The van der Waals surface area contributed by atoms with Crippen LogP contribution in [0.2, 0.25) is 0 Å². The lowest BCUT2D eigenvalue weighted by atomic mass is 9.95. The second kappa shape index (κ2) is 15.4. The van der Waals surface area contributed by atoms with Gasteiger partial charge in [0.15, 0.2) is 0 Å². The van der Waals surface area contributed by atoms with Gasteiger partial charge < -0.3 is 20.3 Å². The number of carbonyl (C=O) groups excluding carboxylic acids is 3. The summed E-state index contributed by atoms with van der Waals surface area (Å²) in [4.78, 5) is 42.8. The van der Waals surface area contributed by atoms with Gasteiger partial charge in [-0.25, -0.2) is 4.79 Å². The summed E-state index contributed by atoms with van der Waals surface area (Å²) in [6, 6.07) is 13.5.